The number of piperidine rings is 1. The third-order valence-corrected chi connectivity index (χ3v) is 6.13. The number of benzene rings is 3. The van der Waals surface area contributed by atoms with Crippen molar-refractivity contribution in [1.82, 2.24) is 9.97 Å². The van der Waals surface area contributed by atoms with E-state index in [1.54, 1.807) is 20.5 Å². The number of hydrogen-bond acceptors (Lipinski definition) is 5. The fraction of sp³-hybridized carbons (Fsp3) is 0.222. The van der Waals surface area contributed by atoms with E-state index in [-0.39, 0.29) is 5.91 Å². The Balaban J connectivity index is 1.53. The second kappa shape index (κ2) is 8.90. The number of ether oxygens (including phenoxy) is 2. The van der Waals surface area contributed by atoms with Gasteiger partial charge in [-0.05, 0) is 60.4 Å². The molecule has 166 valence electrons. The summed E-state index contributed by atoms with van der Waals surface area (Å²) < 4.78 is 10.8. The van der Waals surface area contributed by atoms with Gasteiger partial charge in [0.1, 0.15) is 6.33 Å². The number of methoxy groups -OCH3 is 2. The number of amides is 1. The van der Waals surface area contributed by atoms with Crippen LogP contribution in [-0.4, -0.2) is 36.6 Å². The Morgan fingerprint density at radius 3 is 2.27 bits per heavy atom. The third-order valence-electron chi connectivity index (χ3n) is 6.13. The number of rotatable bonds is 5. The van der Waals surface area contributed by atoms with Crippen LogP contribution in [0.15, 0.2) is 67.0 Å². The van der Waals surface area contributed by atoms with Crippen molar-refractivity contribution in [3.63, 3.8) is 0 Å². The number of carbonyl (C=O) groups is 1. The van der Waals surface area contributed by atoms with Gasteiger partial charge in [-0.25, -0.2) is 9.97 Å². The first-order chi connectivity index (χ1) is 16.2. The van der Waals surface area contributed by atoms with Crippen molar-refractivity contribution >= 4 is 22.5 Å². The van der Waals surface area contributed by atoms with Crippen LogP contribution in [0.25, 0.3) is 33.3 Å². The molecule has 6 heteroatoms. The van der Waals surface area contributed by atoms with Crippen molar-refractivity contribution in [2.45, 2.75) is 19.3 Å². The Hall–Kier alpha value is -3.93. The first-order valence-electron chi connectivity index (χ1n) is 11.1. The number of carbonyl (C=O) groups excluding carboxylic acids is 1. The first kappa shape index (κ1) is 20.9. The standard InChI is InChI=1S/C27H25N3O3/c1-32-24-13-9-20(16-25(24)33-2)19-8-12-23-22(15-19)27(29-17-28-23)18-6-10-21(11-7-18)30-14-4-3-5-26(30)31/h6-13,15-17H,3-5,14H2,1-2H3. The molecule has 0 radical (unpaired) electrons. The van der Waals surface area contributed by atoms with Gasteiger partial charge < -0.3 is 14.4 Å². The van der Waals surface area contributed by atoms with E-state index in [1.807, 2.05) is 59.5 Å². The predicted molar refractivity (Wildman–Crippen MR) is 130 cm³/mol. The molecular formula is C27H25N3O3. The van der Waals surface area contributed by atoms with Crippen LogP contribution in [0.4, 0.5) is 5.69 Å². The first-order valence-corrected chi connectivity index (χ1v) is 11.1. The molecule has 3 aromatic carbocycles. The lowest BCUT2D eigenvalue weighted by molar-refractivity contribution is -0.119. The number of nitrogens with zero attached hydrogens (tertiary/aromatic N) is 3. The number of anilines is 1. The van der Waals surface area contributed by atoms with Crippen LogP contribution >= 0.6 is 0 Å². The molecule has 0 atom stereocenters. The van der Waals surface area contributed by atoms with Crippen molar-refractivity contribution in [1.29, 1.82) is 0 Å². The van der Waals surface area contributed by atoms with Crippen LogP contribution in [0.3, 0.4) is 0 Å². The Morgan fingerprint density at radius 2 is 1.52 bits per heavy atom. The van der Waals surface area contributed by atoms with Crippen LogP contribution in [0.1, 0.15) is 19.3 Å². The average molecular weight is 440 g/mol. The molecule has 0 bridgehead atoms. The van der Waals surface area contributed by atoms with E-state index >= 15 is 0 Å². The topological polar surface area (TPSA) is 64.6 Å². The molecule has 1 amide bonds. The van der Waals surface area contributed by atoms with Crippen LogP contribution in [0.5, 0.6) is 11.5 Å². The maximum absolute atomic E-state index is 12.3. The highest BCUT2D eigenvalue weighted by atomic mass is 16.5. The molecule has 1 fully saturated rings. The minimum absolute atomic E-state index is 0.195. The fourth-order valence-corrected chi connectivity index (χ4v) is 4.36. The van der Waals surface area contributed by atoms with Crippen molar-refractivity contribution in [3.05, 3.63) is 67.0 Å². The van der Waals surface area contributed by atoms with E-state index in [1.165, 1.54) is 0 Å². The van der Waals surface area contributed by atoms with Crippen LogP contribution in [-0.2, 0) is 4.79 Å². The molecule has 2 heterocycles. The van der Waals surface area contributed by atoms with Gasteiger partial charge in [-0.1, -0.05) is 24.3 Å². The van der Waals surface area contributed by atoms with Crippen molar-refractivity contribution in [3.8, 4) is 33.9 Å². The molecular weight excluding hydrogens is 414 g/mol. The molecule has 0 unspecified atom stereocenters. The Bertz CT molecular complexity index is 1320. The zero-order valence-corrected chi connectivity index (χ0v) is 18.7. The summed E-state index contributed by atoms with van der Waals surface area (Å²) in [6.07, 6.45) is 4.23. The SMILES string of the molecule is COc1ccc(-c2ccc3ncnc(-c4ccc(N5CCCCC5=O)cc4)c3c2)cc1OC. The third kappa shape index (κ3) is 4.00. The summed E-state index contributed by atoms with van der Waals surface area (Å²) in [6, 6.07) is 20.1. The average Bonchev–Trinajstić information content (AvgIpc) is 2.88. The number of aromatic nitrogens is 2. The lowest BCUT2D eigenvalue weighted by atomic mass is 9.99. The van der Waals surface area contributed by atoms with E-state index in [9.17, 15) is 4.79 Å². The van der Waals surface area contributed by atoms with Crippen LogP contribution in [0.2, 0.25) is 0 Å². The summed E-state index contributed by atoms with van der Waals surface area (Å²) >= 11 is 0. The van der Waals surface area contributed by atoms with E-state index < -0.39 is 0 Å². The molecule has 0 N–H and O–H groups in total. The van der Waals surface area contributed by atoms with E-state index in [0.29, 0.717) is 17.9 Å². The summed E-state index contributed by atoms with van der Waals surface area (Å²) in [5.74, 6) is 1.57. The summed E-state index contributed by atoms with van der Waals surface area (Å²) in [4.78, 5) is 23.2. The van der Waals surface area contributed by atoms with Gasteiger partial charge in [0.15, 0.2) is 11.5 Å². The van der Waals surface area contributed by atoms with Gasteiger partial charge >= 0.3 is 0 Å². The highest BCUT2D eigenvalue weighted by Crippen LogP contribution is 2.35. The molecule has 6 nitrogen and oxygen atoms in total. The summed E-state index contributed by atoms with van der Waals surface area (Å²) in [6.45, 7) is 0.781. The fourth-order valence-electron chi connectivity index (χ4n) is 4.36. The predicted octanol–water partition coefficient (Wildman–Crippen LogP) is 5.50. The molecule has 1 aliphatic rings. The summed E-state index contributed by atoms with van der Waals surface area (Å²) in [5.41, 5.74) is 5.71. The molecule has 0 aliphatic carbocycles. The van der Waals surface area contributed by atoms with Gasteiger partial charge in [0.2, 0.25) is 5.91 Å². The van der Waals surface area contributed by atoms with Crippen molar-refractivity contribution in [2.75, 3.05) is 25.7 Å². The second-order valence-electron chi connectivity index (χ2n) is 8.07. The summed E-state index contributed by atoms with van der Waals surface area (Å²) in [7, 11) is 3.26. The molecule has 33 heavy (non-hydrogen) atoms. The van der Waals surface area contributed by atoms with Gasteiger partial charge in [0.25, 0.3) is 0 Å². The number of fused-ring (bicyclic) bond motifs is 1. The lowest BCUT2D eigenvalue weighted by Gasteiger charge is -2.26. The van der Waals surface area contributed by atoms with E-state index in [2.05, 4.69) is 16.0 Å². The molecule has 1 saturated heterocycles. The molecule has 0 saturated carbocycles. The maximum Gasteiger partial charge on any atom is 0.226 e. The maximum atomic E-state index is 12.3. The Morgan fingerprint density at radius 1 is 0.788 bits per heavy atom. The molecule has 1 aromatic heterocycles. The molecule has 4 aromatic rings. The zero-order chi connectivity index (χ0) is 22.8. The van der Waals surface area contributed by atoms with Gasteiger partial charge in [-0.2, -0.15) is 0 Å². The second-order valence-corrected chi connectivity index (χ2v) is 8.07. The van der Waals surface area contributed by atoms with Crippen LogP contribution < -0.4 is 14.4 Å². The number of hydrogen-bond donors (Lipinski definition) is 0. The monoisotopic (exact) mass is 439 g/mol. The van der Waals surface area contributed by atoms with E-state index in [0.717, 1.165) is 58.4 Å². The highest BCUT2D eigenvalue weighted by Gasteiger charge is 2.19. The van der Waals surface area contributed by atoms with Crippen molar-refractivity contribution in [2.24, 2.45) is 0 Å². The van der Waals surface area contributed by atoms with Gasteiger partial charge in [0, 0.05) is 29.6 Å². The van der Waals surface area contributed by atoms with Crippen LogP contribution in [0, 0.1) is 0 Å². The minimum atomic E-state index is 0.195. The minimum Gasteiger partial charge on any atom is -0.493 e. The summed E-state index contributed by atoms with van der Waals surface area (Å²) in [5, 5.41) is 0.964. The van der Waals surface area contributed by atoms with Gasteiger partial charge in [0.05, 0.1) is 25.4 Å². The largest absolute Gasteiger partial charge is 0.493 e. The normalized spacial score (nSPS) is 13.9. The lowest BCUT2D eigenvalue weighted by Crippen LogP contribution is -2.35. The van der Waals surface area contributed by atoms with Crippen molar-refractivity contribution < 1.29 is 14.3 Å². The molecule has 0 spiro atoms. The highest BCUT2D eigenvalue weighted by molar-refractivity contribution is 5.96. The van der Waals surface area contributed by atoms with E-state index in [4.69, 9.17) is 9.47 Å². The zero-order valence-electron chi connectivity index (χ0n) is 18.7. The molecule has 1 aliphatic heterocycles. The molecule has 5 rings (SSSR count). The quantitative estimate of drug-likeness (QED) is 0.411. The smallest absolute Gasteiger partial charge is 0.226 e. The Labute approximate surface area is 192 Å². The van der Waals surface area contributed by atoms with Gasteiger partial charge in [-0.15, -0.1) is 0 Å². The van der Waals surface area contributed by atoms with Gasteiger partial charge in [-0.3, -0.25) is 4.79 Å². The Kier molecular flexibility index (Phi) is 5.65.